The van der Waals surface area contributed by atoms with E-state index in [4.69, 9.17) is 0 Å². The minimum atomic E-state index is 0.885. The standard InChI is InChI=1S/C15H14N2/c1-2-6-12(7-3-1)10-15-13-8-4-5-9-14(13)16-11-17-15/h1-3,6-9,11H,4-5,10H2. The van der Waals surface area contributed by atoms with Gasteiger partial charge in [0.25, 0.3) is 0 Å². The van der Waals surface area contributed by atoms with Crippen molar-refractivity contribution in [2.75, 3.05) is 0 Å². The zero-order chi connectivity index (χ0) is 11.5. The molecule has 0 saturated heterocycles. The van der Waals surface area contributed by atoms with Crippen LogP contribution in [0.4, 0.5) is 0 Å². The molecule has 2 aromatic rings. The van der Waals surface area contributed by atoms with Gasteiger partial charge in [0.15, 0.2) is 0 Å². The van der Waals surface area contributed by atoms with E-state index >= 15 is 0 Å². The molecule has 0 spiro atoms. The highest BCUT2D eigenvalue weighted by Crippen LogP contribution is 2.03. The molecule has 0 atom stereocenters. The van der Waals surface area contributed by atoms with E-state index in [1.807, 2.05) is 6.07 Å². The largest absolute Gasteiger partial charge is 0.240 e. The van der Waals surface area contributed by atoms with Gasteiger partial charge in [0.2, 0.25) is 0 Å². The molecule has 2 nitrogen and oxygen atoms in total. The Balaban J connectivity index is 2.06. The van der Waals surface area contributed by atoms with E-state index in [0.29, 0.717) is 0 Å². The fourth-order valence-corrected chi connectivity index (χ4v) is 2.21. The molecule has 0 fully saturated rings. The summed E-state index contributed by atoms with van der Waals surface area (Å²) in [6.45, 7) is 0. The predicted molar refractivity (Wildman–Crippen MR) is 68.7 cm³/mol. The van der Waals surface area contributed by atoms with Crippen LogP contribution in [-0.2, 0) is 6.42 Å². The Kier molecular flexibility index (Phi) is 2.70. The van der Waals surface area contributed by atoms with Crippen molar-refractivity contribution >= 4 is 12.2 Å². The van der Waals surface area contributed by atoms with E-state index in [0.717, 1.165) is 30.3 Å². The highest BCUT2D eigenvalue weighted by Gasteiger charge is 2.03. The number of hydrogen-bond donors (Lipinski definition) is 0. The molecule has 1 aliphatic rings. The first kappa shape index (κ1) is 10.2. The summed E-state index contributed by atoms with van der Waals surface area (Å²) in [6, 6.07) is 10.5. The summed E-state index contributed by atoms with van der Waals surface area (Å²) < 4.78 is 0. The third-order valence-electron chi connectivity index (χ3n) is 3.06. The lowest BCUT2D eigenvalue weighted by molar-refractivity contribution is 0.957. The van der Waals surface area contributed by atoms with Crippen LogP contribution in [0, 0.1) is 0 Å². The first-order valence-corrected chi connectivity index (χ1v) is 5.98. The maximum absolute atomic E-state index is 4.42. The number of rotatable bonds is 2. The third kappa shape index (κ3) is 2.11. The molecule has 3 rings (SSSR count). The van der Waals surface area contributed by atoms with Crippen molar-refractivity contribution in [2.24, 2.45) is 0 Å². The number of nitrogens with zero attached hydrogens (tertiary/aromatic N) is 2. The van der Waals surface area contributed by atoms with Gasteiger partial charge in [0, 0.05) is 11.6 Å². The average Bonchev–Trinajstić information content (AvgIpc) is 2.40. The van der Waals surface area contributed by atoms with E-state index in [-0.39, 0.29) is 0 Å². The van der Waals surface area contributed by atoms with Crippen molar-refractivity contribution in [3.63, 3.8) is 0 Å². The van der Waals surface area contributed by atoms with E-state index in [9.17, 15) is 0 Å². The molecule has 0 saturated carbocycles. The zero-order valence-electron chi connectivity index (χ0n) is 9.63. The van der Waals surface area contributed by atoms with Crippen LogP contribution in [-0.4, -0.2) is 9.97 Å². The number of fused-ring (bicyclic) bond motifs is 1. The molecule has 0 unspecified atom stereocenters. The Labute approximate surface area is 100 Å². The molecule has 1 aliphatic carbocycles. The van der Waals surface area contributed by atoms with Gasteiger partial charge < -0.3 is 0 Å². The van der Waals surface area contributed by atoms with Crippen molar-refractivity contribution in [3.05, 3.63) is 58.5 Å². The fraction of sp³-hybridized carbons (Fsp3) is 0.200. The van der Waals surface area contributed by atoms with Crippen LogP contribution in [0.2, 0.25) is 0 Å². The quantitative estimate of drug-likeness (QED) is 0.768. The first-order chi connectivity index (χ1) is 8.43. The van der Waals surface area contributed by atoms with Crippen LogP contribution in [0.15, 0.2) is 36.7 Å². The van der Waals surface area contributed by atoms with Crippen LogP contribution in [0.25, 0.3) is 12.2 Å². The summed E-state index contributed by atoms with van der Waals surface area (Å²) in [7, 11) is 0. The van der Waals surface area contributed by atoms with Crippen molar-refractivity contribution < 1.29 is 0 Å². The van der Waals surface area contributed by atoms with Gasteiger partial charge in [-0.2, -0.15) is 0 Å². The summed E-state index contributed by atoms with van der Waals surface area (Å²) in [5.41, 5.74) is 2.43. The Morgan fingerprint density at radius 2 is 1.76 bits per heavy atom. The molecule has 1 aromatic heterocycles. The van der Waals surface area contributed by atoms with Crippen LogP contribution < -0.4 is 10.6 Å². The first-order valence-electron chi connectivity index (χ1n) is 5.98. The lowest BCUT2D eigenvalue weighted by Gasteiger charge is -2.05. The topological polar surface area (TPSA) is 25.8 Å². The second-order valence-electron chi connectivity index (χ2n) is 4.27. The van der Waals surface area contributed by atoms with Gasteiger partial charge in [-0.15, -0.1) is 0 Å². The highest BCUT2D eigenvalue weighted by molar-refractivity contribution is 5.38. The van der Waals surface area contributed by atoms with Gasteiger partial charge >= 0.3 is 0 Å². The molecule has 0 amide bonds. The highest BCUT2D eigenvalue weighted by atomic mass is 14.8. The molecule has 0 bridgehead atoms. The normalized spacial score (nSPS) is 13.4. The summed E-state index contributed by atoms with van der Waals surface area (Å²) in [5.74, 6) is 0. The van der Waals surface area contributed by atoms with Gasteiger partial charge in [-0.05, 0) is 18.4 Å². The van der Waals surface area contributed by atoms with E-state index in [2.05, 4.69) is 46.4 Å². The molecular weight excluding hydrogens is 208 g/mol. The molecule has 17 heavy (non-hydrogen) atoms. The van der Waals surface area contributed by atoms with Crippen LogP contribution in [0.5, 0.6) is 0 Å². The van der Waals surface area contributed by atoms with Crippen molar-refractivity contribution in [2.45, 2.75) is 19.3 Å². The lowest BCUT2D eigenvalue weighted by atomic mass is 10.1. The van der Waals surface area contributed by atoms with Gasteiger partial charge in [0.1, 0.15) is 6.33 Å². The molecule has 1 aromatic carbocycles. The van der Waals surface area contributed by atoms with Crippen molar-refractivity contribution in [1.29, 1.82) is 0 Å². The summed E-state index contributed by atoms with van der Waals surface area (Å²) >= 11 is 0. The zero-order valence-corrected chi connectivity index (χ0v) is 9.63. The van der Waals surface area contributed by atoms with Crippen LogP contribution >= 0.6 is 0 Å². The smallest absolute Gasteiger partial charge is 0.116 e. The van der Waals surface area contributed by atoms with Crippen LogP contribution in [0.3, 0.4) is 0 Å². The Bertz CT molecular complexity index is 630. The van der Waals surface area contributed by atoms with Crippen molar-refractivity contribution in [3.8, 4) is 0 Å². The Morgan fingerprint density at radius 3 is 2.65 bits per heavy atom. The molecule has 0 aliphatic heterocycles. The van der Waals surface area contributed by atoms with Gasteiger partial charge in [0.05, 0.1) is 11.0 Å². The molecule has 1 heterocycles. The predicted octanol–water partition coefficient (Wildman–Crippen LogP) is 1.42. The van der Waals surface area contributed by atoms with Crippen molar-refractivity contribution in [1.82, 2.24) is 9.97 Å². The summed E-state index contributed by atoms with van der Waals surface area (Å²) in [4.78, 5) is 8.75. The Hall–Kier alpha value is -1.96. The average molecular weight is 222 g/mol. The third-order valence-corrected chi connectivity index (χ3v) is 3.06. The maximum Gasteiger partial charge on any atom is 0.116 e. The fourth-order valence-electron chi connectivity index (χ4n) is 2.21. The second kappa shape index (κ2) is 4.50. The van der Waals surface area contributed by atoms with E-state index in [1.165, 1.54) is 10.8 Å². The van der Waals surface area contributed by atoms with Crippen LogP contribution in [0.1, 0.15) is 24.1 Å². The maximum atomic E-state index is 4.42. The van der Waals surface area contributed by atoms with E-state index < -0.39 is 0 Å². The van der Waals surface area contributed by atoms with Gasteiger partial charge in [-0.1, -0.05) is 42.5 Å². The minimum Gasteiger partial charge on any atom is -0.240 e. The number of aromatic nitrogens is 2. The number of benzene rings is 1. The summed E-state index contributed by atoms with van der Waals surface area (Å²) in [6.07, 6.45) is 9.21. The summed E-state index contributed by atoms with van der Waals surface area (Å²) in [5, 5.41) is 2.32. The second-order valence-corrected chi connectivity index (χ2v) is 4.27. The van der Waals surface area contributed by atoms with E-state index in [1.54, 1.807) is 6.33 Å². The molecule has 0 N–H and O–H groups in total. The lowest BCUT2D eigenvalue weighted by Crippen LogP contribution is -2.34. The number of hydrogen-bond acceptors (Lipinski definition) is 2. The Morgan fingerprint density at radius 1 is 0.941 bits per heavy atom. The SMILES string of the molecule is C1=c2ncnc(Cc3ccccc3)c2=CCC1. The van der Waals surface area contributed by atoms with Gasteiger partial charge in [-0.3, -0.25) is 0 Å². The monoisotopic (exact) mass is 222 g/mol. The minimum absolute atomic E-state index is 0.885. The van der Waals surface area contributed by atoms with Gasteiger partial charge in [-0.25, -0.2) is 9.97 Å². The molecule has 0 radical (unpaired) electrons. The molecule has 2 heteroatoms. The molecule has 84 valence electrons. The molecular formula is C15H14N2.